The van der Waals surface area contributed by atoms with Gasteiger partial charge in [0.25, 0.3) is 3.25 Å². The summed E-state index contributed by atoms with van der Waals surface area (Å²) in [6.45, 7) is 0. The maximum atomic E-state index is 4.83. The monoisotopic (exact) mass is 266 g/mol. The van der Waals surface area contributed by atoms with E-state index in [1.807, 2.05) is 0 Å². The van der Waals surface area contributed by atoms with Gasteiger partial charge >= 0.3 is 0 Å². The van der Waals surface area contributed by atoms with E-state index in [9.17, 15) is 0 Å². The number of hydrogen-bond acceptors (Lipinski definition) is 0. The molecule has 0 aliphatic heterocycles. The van der Waals surface area contributed by atoms with Gasteiger partial charge in [-0.1, -0.05) is 46.4 Å². The van der Waals surface area contributed by atoms with Crippen LogP contribution in [0.25, 0.3) is 0 Å². The molecule has 0 fully saturated rings. The predicted molar refractivity (Wildman–Crippen MR) is 26.1 cm³/mol. The molecule has 0 aromatic heterocycles. The number of halogens is 4. The Balaban J connectivity index is 0. The number of alkyl halides is 4. The Labute approximate surface area is 76.2 Å². The molecule has 0 bridgehead atoms. The summed E-state index contributed by atoms with van der Waals surface area (Å²) in [6, 6.07) is 0. The number of hydrogen-bond donors (Lipinski definition) is 0. The third-order valence-corrected chi connectivity index (χ3v) is 0. The Kier molecular flexibility index (Phi) is 7.33. The van der Waals surface area contributed by atoms with Crippen molar-refractivity contribution in [1.82, 2.24) is 0 Å². The van der Waals surface area contributed by atoms with Crippen LogP contribution >= 0.6 is 46.4 Å². The van der Waals surface area contributed by atoms with Gasteiger partial charge in [-0.05, 0) is 0 Å². The van der Waals surface area contributed by atoms with Crippen molar-refractivity contribution in [2.45, 2.75) is 3.25 Å². The zero-order valence-electron chi connectivity index (χ0n) is 2.72. The van der Waals surface area contributed by atoms with Crippen LogP contribution in [0.15, 0.2) is 0 Å². The molecule has 0 aliphatic rings. The van der Waals surface area contributed by atoms with Crippen molar-refractivity contribution in [3.05, 3.63) is 0 Å². The molecule has 0 N–H and O–H groups in total. The van der Waals surface area contributed by atoms with Crippen molar-refractivity contribution in [3.8, 4) is 0 Å². The summed E-state index contributed by atoms with van der Waals surface area (Å²) in [5, 5.41) is 0. The standard InChI is InChI=1S/CCl4.Cd/c2-1(3,4)5;. The maximum absolute atomic E-state index is 4.83. The molecule has 34 valence electrons. The van der Waals surface area contributed by atoms with Crippen LogP contribution in [0.2, 0.25) is 0 Å². The molecule has 0 heterocycles. The second-order valence-electron chi connectivity index (χ2n) is 0.429. The molecule has 0 radical (unpaired) electrons. The Morgan fingerprint density at radius 1 is 0.833 bits per heavy atom. The van der Waals surface area contributed by atoms with E-state index < -0.39 is 3.25 Å². The third kappa shape index (κ3) is 36.2. The summed E-state index contributed by atoms with van der Waals surface area (Å²) in [5.74, 6) is 0. The molecule has 0 spiro atoms. The largest absolute Gasteiger partial charge is 0.266 e. The Morgan fingerprint density at radius 2 is 0.833 bits per heavy atom. The van der Waals surface area contributed by atoms with Gasteiger partial charge in [0, 0.05) is 27.3 Å². The molecule has 0 unspecified atom stereocenters. The Bertz CT molecular complexity index is 23.0. The van der Waals surface area contributed by atoms with E-state index in [1.165, 1.54) is 0 Å². The topological polar surface area (TPSA) is 0 Å². The fourth-order valence-corrected chi connectivity index (χ4v) is 0. The van der Waals surface area contributed by atoms with E-state index in [1.54, 1.807) is 0 Å². The summed E-state index contributed by atoms with van der Waals surface area (Å²) in [4.78, 5) is 0. The van der Waals surface area contributed by atoms with Crippen LogP contribution < -0.4 is 0 Å². The van der Waals surface area contributed by atoms with E-state index in [0.29, 0.717) is 0 Å². The third-order valence-electron chi connectivity index (χ3n) is 0. The molecule has 0 amide bonds. The quantitative estimate of drug-likeness (QED) is 0.467. The second-order valence-corrected chi connectivity index (χ2v) is 3.86. The van der Waals surface area contributed by atoms with Gasteiger partial charge in [-0.2, -0.15) is 0 Å². The summed E-state index contributed by atoms with van der Waals surface area (Å²) in [5.41, 5.74) is 0. The smallest absolute Gasteiger partial charge is 0.0664 e. The van der Waals surface area contributed by atoms with Gasteiger partial charge in [0.1, 0.15) is 0 Å². The minimum atomic E-state index is -1.61. The van der Waals surface area contributed by atoms with E-state index in [2.05, 4.69) is 0 Å². The van der Waals surface area contributed by atoms with Crippen LogP contribution in [0, 0.1) is 0 Å². The van der Waals surface area contributed by atoms with Gasteiger partial charge in [0.15, 0.2) is 0 Å². The average molecular weight is 266 g/mol. The maximum Gasteiger partial charge on any atom is 0.266 e. The van der Waals surface area contributed by atoms with E-state index >= 15 is 0 Å². The SMILES string of the molecule is ClC(Cl)(Cl)Cl.[Cd]. The van der Waals surface area contributed by atoms with Crippen LogP contribution in [0.1, 0.15) is 0 Å². The van der Waals surface area contributed by atoms with Crippen molar-refractivity contribution in [2.75, 3.05) is 0 Å². The minimum Gasteiger partial charge on any atom is -0.0664 e. The van der Waals surface area contributed by atoms with Gasteiger partial charge in [0.2, 0.25) is 0 Å². The van der Waals surface area contributed by atoms with Crippen molar-refractivity contribution in [1.29, 1.82) is 0 Å². The molecule has 0 saturated carbocycles. The minimum absolute atomic E-state index is 0. The van der Waals surface area contributed by atoms with E-state index in [0.717, 1.165) is 0 Å². The molecule has 0 saturated heterocycles. The molecule has 0 aromatic rings. The van der Waals surface area contributed by atoms with Gasteiger partial charge in [-0.25, -0.2) is 0 Å². The number of rotatable bonds is 0. The fourth-order valence-electron chi connectivity index (χ4n) is 0. The first-order chi connectivity index (χ1) is 2.00. The summed E-state index contributed by atoms with van der Waals surface area (Å²) in [7, 11) is 0. The van der Waals surface area contributed by atoms with Gasteiger partial charge < -0.3 is 0 Å². The zero-order valence-corrected chi connectivity index (χ0v) is 9.78. The molecule has 5 heteroatoms. The second kappa shape index (κ2) is 4.01. The molecular formula is CCdCl4. The molecule has 0 atom stereocenters. The first kappa shape index (κ1) is 11.0. The van der Waals surface area contributed by atoms with E-state index in [-0.39, 0.29) is 27.3 Å². The molecule has 0 rings (SSSR count). The summed E-state index contributed by atoms with van der Waals surface area (Å²) < 4.78 is -1.61. The Hall–Kier alpha value is 2.08. The normalized spacial score (nSPS) is 10.0. The van der Waals surface area contributed by atoms with Crippen LogP contribution in [0.5, 0.6) is 0 Å². The molecule has 6 heavy (non-hydrogen) atoms. The molecule has 0 aromatic carbocycles. The van der Waals surface area contributed by atoms with Crippen LogP contribution in [0.4, 0.5) is 0 Å². The summed E-state index contributed by atoms with van der Waals surface area (Å²) >= 11 is 19.3. The van der Waals surface area contributed by atoms with Crippen molar-refractivity contribution >= 4 is 46.4 Å². The van der Waals surface area contributed by atoms with Crippen LogP contribution in [-0.2, 0) is 27.3 Å². The van der Waals surface area contributed by atoms with Gasteiger partial charge in [-0.15, -0.1) is 0 Å². The molecule has 0 aliphatic carbocycles. The molecular weight excluding hydrogens is 266 g/mol. The van der Waals surface area contributed by atoms with Crippen LogP contribution in [-0.4, -0.2) is 3.25 Å². The molecule has 0 nitrogen and oxygen atoms in total. The van der Waals surface area contributed by atoms with Crippen molar-refractivity contribution in [2.24, 2.45) is 0 Å². The fraction of sp³-hybridized carbons (Fsp3) is 1.00. The average Bonchev–Trinajstić information content (AvgIpc) is 0.722. The first-order valence-electron chi connectivity index (χ1n) is 0.756. The van der Waals surface area contributed by atoms with Crippen LogP contribution in [0.3, 0.4) is 0 Å². The van der Waals surface area contributed by atoms with Crippen molar-refractivity contribution in [3.63, 3.8) is 0 Å². The van der Waals surface area contributed by atoms with Crippen molar-refractivity contribution < 1.29 is 27.3 Å². The predicted octanol–water partition coefficient (Wildman–Crippen LogP) is 2.55. The van der Waals surface area contributed by atoms with Gasteiger partial charge in [0.05, 0.1) is 0 Å². The zero-order chi connectivity index (χ0) is 4.50. The van der Waals surface area contributed by atoms with E-state index in [4.69, 9.17) is 46.4 Å². The Morgan fingerprint density at radius 3 is 0.833 bits per heavy atom. The first-order valence-corrected chi connectivity index (χ1v) is 2.27. The summed E-state index contributed by atoms with van der Waals surface area (Å²) in [6.07, 6.45) is 0. The van der Waals surface area contributed by atoms with Gasteiger partial charge in [-0.3, -0.25) is 0 Å².